The molecule has 3 aromatic carbocycles. The summed E-state index contributed by atoms with van der Waals surface area (Å²) in [5, 5.41) is 51.5. The van der Waals surface area contributed by atoms with Crippen LogP contribution in [0.4, 0.5) is 5.69 Å². The fraction of sp³-hybridized carbons (Fsp3) is 0.542. The Morgan fingerprint density at radius 3 is 2.29 bits per heavy atom. The lowest BCUT2D eigenvalue weighted by Gasteiger charge is -2.38. The Hall–Kier alpha value is -6.83. The predicted molar refractivity (Wildman–Crippen MR) is 292 cm³/mol. The number of amides is 2. The summed E-state index contributed by atoms with van der Waals surface area (Å²) < 4.78 is 20.5. The number of ketones is 1. The van der Waals surface area contributed by atoms with Crippen LogP contribution in [-0.4, -0.2) is 126 Å². The first-order valence-corrected chi connectivity index (χ1v) is 27.5. The van der Waals surface area contributed by atoms with Gasteiger partial charge in [0, 0.05) is 92.8 Å². The molecular weight excluding hydrogens is 999 g/mol. The lowest BCUT2D eigenvalue weighted by Crippen LogP contribution is -2.47. The van der Waals surface area contributed by atoms with Gasteiger partial charge in [0.05, 0.1) is 46.1 Å². The fourth-order valence-corrected chi connectivity index (χ4v) is 12.2. The second kappa shape index (κ2) is 21.8. The van der Waals surface area contributed by atoms with Crippen LogP contribution >= 0.6 is 0 Å². The highest BCUT2D eigenvalue weighted by atomic mass is 16.7. The molecule has 0 radical (unpaired) electrons. The number of hydrogen-bond acceptors (Lipinski definition) is 15. The van der Waals surface area contributed by atoms with E-state index in [4.69, 9.17) is 19.2 Å². The first kappa shape index (κ1) is 55.9. The number of nitrogens with one attached hydrogen (secondary N) is 2. The molecule has 1 unspecified atom stereocenters. The maximum absolute atomic E-state index is 14.9. The van der Waals surface area contributed by atoms with E-state index in [9.17, 15) is 44.4 Å². The minimum atomic E-state index is -1.97. The van der Waals surface area contributed by atoms with Crippen molar-refractivity contribution >= 4 is 51.1 Å². The van der Waals surface area contributed by atoms with E-state index in [0.29, 0.717) is 63.5 Å². The Balaban J connectivity index is 1.02. The standard InChI is InChI=1S/C59H75N7O12/c1-30(2)29-64-26-22-59(23-27-64)62-44-41-42-49(69)36(8)52-43(41)53(71)58(10,78-52)76-28-14-17-32(4)51(35(7)48(68)34(6)47(67)31(3)15-13-16-33(5)54(72)61-46(50(42)70)45(44)63-59)77-56(74)37(9)55(73)65-24-20-38(21-25-65)66-40-19-12-11-18-39(40)60-57(66)75/h11-16,18-19,28,30-32,34-35,37-38,47-48,51,62,67-70H,17,20-27,29H2,1-10H3,(H,60,75)/b15-13+,28-14+,33-16-,61-46?/t31-,32+,34+,35+,37?,47-,48+,51+,58-/m0/s1. The van der Waals surface area contributed by atoms with Gasteiger partial charge in [-0.1, -0.05) is 71.9 Å². The summed E-state index contributed by atoms with van der Waals surface area (Å²) in [5.74, 6) is -8.76. The number of piperidine rings is 2. The number of aliphatic hydroxyl groups excluding tert-OH is 2. The Labute approximate surface area is 453 Å². The van der Waals surface area contributed by atoms with Crippen molar-refractivity contribution in [2.45, 2.75) is 137 Å². The number of anilines is 1. The predicted octanol–water partition coefficient (Wildman–Crippen LogP) is 6.25. The number of imidazole rings is 1. The smallest absolute Gasteiger partial charge is 0.326 e. The number of Topliss-reactive ketones (excluding diaryl/α,β-unsaturated/α-hetero) is 1. The highest BCUT2D eigenvalue weighted by molar-refractivity contribution is 6.21. The molecule has 19 heteroatoms. The molecule has 6 aliphatic heterocycles. The number of esters is 1. The summed E-state index contributed by atoms with van der Waals surface area (Å²) in [5.41, 5.74) is 1.10. The molecule has 2 fully saturated rings. The lowest BCUT2D eigenvalue weighted by molar-refractivity contribution is -0.168. The molecule has 19 nitrogen and oxygen atoms in total. The minimum Gasteiger partial charge on any atom is -0.507 e. The van der Waals surface area contributed by atoms with Gasteiger partial charge in [0.15, 0.2) is 5.75 Å². The Bertz CT molecular complexity index is 3320. The van der Waals surface area contributed by atoms with E-state index >= 15 is 0 Å². The average Bonchev–Trinajstić information content (AvgIpc) is 4.27. The number of para-hydroxylation sites is 2. The molecule has 2 amide bonds. The summed E-state index contributed by atoms with van der Waals surface area (Å²) in [6.45, 7) is 20.3. The summed E-state index contributed by atoms with van der Waals surface area (Å²) in [7, 11) is 0. The monoisotopic (exact) mass is 1070 g/mol. The molecule has 0 aliphatic carbocycles. The van der Waals surface area contributed by atoms with Crippen molar-refractivity contribution in [2.24, 2.45) is 45.5 Å². The average molecular weight is 1070 g/mol. The van der Waals surface area contributed by atoms with Gasteiger partial charge in [-0.2, -0.15) is 0 Å². The molecule has 4 aromatic rings. The highest BCUT2D eigenvalue weighted by Gasteiger charge is 2.51. The van der Waals surface area contributed by atoms with Crippen LogP contribution in [0.25, 0.3) is 21.8 Å². The zero-order valence-corrected chi connectivity index (χ0v) is 46.3. The number of aromatic amines is 1. The number of aromatic nitrogens is 2. The van der Waals surface area contributed by atoms with Crippen molar-refractivity contribution < 1.29 is 53.8 Å². The molecule has 9 atom stereocenters. The number of nitrogens with zero attached hydrogens (tertiary/aromatic N) is 5. The number of fused-ring (bicyclic) bond motifs is 14. The molecule has 6 N–H and O–H groups in total. The normalized spacial score (nSPS) is 29.1. The second-order valence-corrected chi connectivity index (χ2v) is 23.1. The van der Waals surface area contributed by atoms with Gasteiger partial charge in [0.1, 0.15) is 39.9 Å². The first-order valence-electron chi connectivity index (χ1n) is 27.5. The zero-order chi connectivity index (χ0) is 56.3. The summed E-state index contributed by atoms with van der Waals surface area (Å²) >= 11 is 0. The molecule has 5 bridgehead atoms. The number of ether oxygens (including phenoxy) is 3. The van der Waals surface area contributed by atoms with Gasteiger partial charge in [0.25, 0.3) is 11.7 Å². The second-order valence-electron chi connectivity index (χ2n) is 23.1. The van der Waals surface area contributed by atoms with Gasteiger partial charge < -0.3 is 54.7 Å². The van der Waals surface area contributed by atoms with Crippen LogP contribution in [0.1, 0.15) is 116 Å². The molecule has 6 aliphatic rings. The van der Waals surface area contributed by atoms with E-state index in [-0.39, 0.29) is 67.8 Å². The van der Waals surface area contributed by atoms with E-state index < -0.39 is 88.7 Å². The third-order valence-corrected chi connectivity index (χ3v) is 16.9. The number of phenolic OH excluding ortho intramolecular Hbond substituents is 2. The van der Waals surface area contributed by atoms with Crippen LogP contribution in [-0.2, 0) is 23.9 Å². The van der Waals surface area contributed by atoms with E-state index in [0.717, 1.165) is 17.6 Å². The number of likely N-dealkylation sites (tertiary alicyclic amines) is 2. The number of aromatic hydroxyl groups is 2. The number of benzene rings is 3. The Kier molecular flexibility index (Phi) is 15.6. The summed E-state index contributed by atoms with van der Waals surface area (Å²) in [6, 6.07) is 7.31. The van der Waals surface area contributed by atoms with E-state index in [1.54, 1.807) is 62.3 Å². The van der Waals surface area contributed by atoms with Gasteiger partial charge in [0.2, 0.25) is 5.91 Å². The van der Waals surface area contributed by atoms with Crippen LogP contribution in [0, 0.1) is 42.4 Å². The number of phenols is 2. The van der Waals surface area contributed by atoms with E-state index in [1.165, 1.54) is 26.2 Å². The number of rotatable bonds is 6. The van der Waals surface area contributed by atoms with E-state index in [1.807, 2.05) is 31.2 Å². The van der Waals surface area contributed by atoms with Crippen molar-refractivity contribution in [3.63, 3.8) is 0 Å². The van der Waals surface area contributed by atoms with Gasteiger partial charge in [-0.15, -0.1) is 0 Å². The van der Waals surface area contributed by atoms with Gasteiger partial charge >= 0.3 is 17.4 Å². The fourth-order valence-electron chi connectivity index (χ4n) is 12.2. The first-order chi connectivity index (χ1) is 37.0. The zero-order valence-electron chi connectivity index (χ0n) is 46.3. The lowest BCUT2D eigenvalue weighted by atomic mass is 9.79. The van der Waals surface area contributed by atoms with Crippen LogP contribution in [0.5, 0.6) is 17.2 Å². The topological polar surface area (TPSA) is 258 Å². The third-order valence-electron chi connectivity index (χ3n) is 16.9. The quantitative estimate of drug-likeness (QED) is 0.0710. The number of allylic oxidation sites excluding steroid dienone is 3. The molecule has 7 heterocycles. The van der Waals surface area contributed by atoms with Gasteiger partial charge in [-0.05, 0) is 70.1 Å². The van der Waals surface area contributed by atoms with Crippen molar-refractivity contribution in [3.05, 3.63) is 92.7 Å². The molecule has 418 valence electrons. The summed E-state index contributed by atoms with van der Waals surface area (Å²) in [4.78, 5) is 86.6. The number of aliphatic hydroxyl groups is 2. The molecule has 1 spiro atoms. The molecule has 78 heavy (non-hydrogen) atoms. The van der Waals surface area contributed by atoms with Crippen molar-refractivity contribution in [1.82, 2.24) is 19.4 Å². The minimum absolute atomic E-state index is 0.0414. The number of H-pyrrole nitrogens is 1. The Morgan fingerprint density at radius 1 is 0.910 bits per heavy atom. The van der Waals surface area contributed by atoms with Crippen molar-refractivity contribution in [2.75, 3.05) is 38.0 Å². The van der Waals surface area contributed by atoms with Crippen LogP contribution in [0.15, 0.2) is 75.2 Å². The van der Waals surface area contributed by atoms with Crippen LogP contribution in [0.3, 0.4) is 0 Å². The molecule has 1 aromatic heterocycles. The SMILES string of the molecule is C/C1=C/C=C/[C@H](C)[C@H](O)[C@@H](C)[C@@H](O)[C@@H](C)[C@H](OC(=O)C(C)C(=O)N2CCC(n3c(=O)[nH]c4ccccc43)CC2)[C@H](C)C/C=C/O[C@@]2(C)Oc3c(C)c(O)c4c(O)c(c5c(c4c3C2=O)NC2(CCN(CC(C)C)CC2)N=5)=NC1=O. The third kappa shape index (κ3) is 10.2. The maximum atomic E-state index is 14.9. The van der Waals surface area contributed by atoms with Gasteiger partial charge in [-0.25, -0.2) is 9.79 Å². The van der Waals surface area contributed by atoms with Crippen molar-refractivity contribution in [1.29, 1.82) is 0 Å². The number of carbonyl (C=O) groups excluding carboxylic acids is 4. The molecule has 10 rings (SSSR count). The van der Waals surface area contributed by atoms with Crippen molar-refractivity contribution in [3.8, 4) is 17.2 Å². The van der Waals surface area contributed by atoms with Crippen LogP contribution < -0.4 is 26.5 Å². The number of hydrogen-bond donors (Lipinski definition) is 6. The molecular formula is C59H75N7O12. The summed E-state index contributed by atoms with van der Waals surface area (Å²) in [6.07, 6.45) is 6.79. The van der Waals surface area contributed by atoms with Crippen LogP contribution in [0.2, 0.25) is 0 Å². The molecule has 0 saturated carbocycles. The molecule has 2 saturated heterocycles. The highest BCUT2D eigenvalue weighted by Crippen LogP contribution is 2.51. The number of carbonyl (C=O) groups is 4. The van der Waals surface area contributed by atoms with Gasteiger partial charge in [-0.3, -0.25) is 28.7 Å². The largest absolute Gasteiger partial charge is 0.507 e. The maximum Gasteiger partial charge on any atom is 0.326 e. The van der Waals surface area contributed by atoms with E-state index in [2.05, 4.69) is 34.0 Å². The Morgan fingerprint density at radius 2 is 1.60 bits per heavy atom.